The van der Waals surface area contributed by atoms with E-state index < -0.39 is 0 Å². The lowest BCUT2D eigenvalue weighted by molar-refractivity contribution is 0.223. The van der Waals surface area contributed by atoms with E-state index in [-0.39, 0.29) is 0 Å². The normalized spacial score (nSPS) is 11.4. The molecule has 0 aliphatic carbocycles. The molecule has 0 saturated carbocycles. The zero-order valence-electron chi connectivity index (χ0n) is 17.1. The molecule has 0 unspecified atom stereocenters. The van der Waals surface area contributed by atoms with Gasteiger partial charge in [0.05, 0.1) is 17.3 Å². The van der Waals surface area contributed by atoms with Crippen LogP contribution in [0.25, 0.3) is 32.1 Å². The zero-order valence-corrected chi connectivity index (χ0v) is 18.0. The summed E-state index contributed by atoms with van der Waals surface area (Å²) in [7, 11) is 1.72. The molecule has 0 amide bonds. The van der Waals surface area contributed by atoms with Crippen molar-refractivity contribution in [3.63, 3.8) is 0 Å². The molecule has 0 saturated heterocycles. The van der Waals surface area contributed by atoms with Crippen LogP contribution in [-0.2, 0) is 0 Å². The number of rotatable bonds is 8. The van der Waals surface area contributed by atoms with Crippen LogP contribution in [0, 0.1) is 0 Å². The Labute approximate surface area is 175 Å². The number of fused-ring (bicyclic) bond motifs is 3. The molecule has 4 rings (SSSR count). The van der Waals surface area contributed by atoms with Crippen LogP contribution in [0.4, 0.5) is 0 Å². The van der Waals surface area contributed by atoms with E-state index in [1.807, 2.05) is 30.5 Å². The van der Waals surface area contributed by atoms with Gasteiger partial charge in [-0.25, -0.2) is 0 Å². The molecule has 0 fully saturated rings. The van der Waals surface area contributed by atoms with Crippen LogP contribution in [0.1, 0.15) is 13.8 Å². The molecular weight excluding hydrogens is 380 g/mol. The molecule has 4 nitrogen and oxygen atoms in total. The van der Waals surface area contributed by atoms with Gasteiger partial charge in [-0.05, 0) is 54.4 Å². The monoisotopic (exact) mass is 406 g/mol. The predicted octanol–water partition coefficient (Wildman–Crippen LogP) is 5.85. The van der Waals surface area contributed by atoms with Crippen LogP contribution in [0.3, 0.4) is 0 Å². The average molecular weight is 407 g/mol. The molecule has 0 spiro atoms. The third-order valence-electron chi connectivity index (χ3n) is 5.36. The fourth-order valence-corrected chi connectivity index (χ4v) is 4.48. The Morgan fingerprint density at radius 1 is 1.00 bits per heavy atom. The summed E-state index contributed by atoms with van der Waals surface area (Å²) in [5, 5.41) is 4.47. The number of ether oxygens (including phenoxy) is 2. The standard InChI is InChI=1S/C24H26N2O2S/c1-4-26(5-2)13-14-28-18-8-6-17(7-9-18)23-21(27-3)11-10-20-24(23)19-12-15-29-22(19)16-25-20/h6-12,15-16H,4-5,13-14H2,1-3H3. The van der Waals surface area contributed by atoms with Gasteiger partial charge in [0.25, 0.3) is 0 Å². The van der Waals surface area contributed by atoms with Gasteiger partial charge < -0.3 is 14.4 Å². The molecule has 5 heteroatoms. The first-order chi connectivity index (χ1) is 14.2. The Bertz CT molecular complexity index is 1100. The van der Waals surface area contributed by atoms with Gasteiger partial charge in [0.2, 0.25) is 0 Å². The van der Waals surface area contributed by atoms with E-state index in [1.54, 1.807) is 18.4 Å². The van der Waals surface area contributed by atoms with Gasteiger partial charge in [-0.2, -0.15) is 0 Å². The quantitative estimate of drug-likeness (QED) is 0.368. The van der Waals surface area contributed by atoms with Crippen molar-refractivity contribution in [2.45, 2.75) is 13.8 Å². The summed E-state index contributed by atoms with van der Waals surface area (Å²) < 4.78 is 12.9. The lowest BCUT2D eigenvalue weighted by atomic mass is 9.97. The van der Waals surface area contributed by atoms with Crippen LogP contribution in [0.5, 0.6) is 11.5 Å². The smallest absolute Gasteiger partial charge is 0.127 e. The zero-order chi connectivity index (χ0) is 20.2. The summed E-state index contributed by atoms with van der Waals surface area (Å²) in [6.45, 7) is 8.08. The Kier molecular flexibility index (Phi) is 5.97. The van der Waals surface area contributed by atoms with Gasteiger partial charge in [-0.1, -0.05) is 26.0 Å². The van der Waals surface area contributed by atoms with Crippen LogP contribution in [0.15, 0.2) is 54.0 Å². The molecule has 0 atom stereocenters. The number of thiophene rings is 1. The molecule has 2 heterocycles. The Morgan fingerprint density at radius 2 is 1.79 bits per heavy atom. The molecule has 4 aromatic rings. The van der Waals surface area contributed by atoms with Crippen LogP contribution in [0.2, 0.25) is 0 Å². The van der Waals surface area contributed by atoms with E-state index in [4.69, 9.17) is 9.47 Å². The number of nitrogens with zero attached hydrogens (tertiary/aromatic N) is 2. The van der Waals surface area contributed by atoms with Gasteiger partial charge in [0.15, 0.2) is 0 Å². The maximum atomic E-state index is 5.95. The SMILES string of the molecule is CCN(CC)CCOc1ccc(-c2c(OC)ccc3ncc4sccc4c23)cc1. The third-order valence-corrected chi connectivity index (χ3v) is 6.22. The molecule has 2 aromatic heterocycles. The highest BCUT2D eigenvalue weighted by Crippen LogP contribution is 2.41. The largest absolute Gasteiger partial charge is 0.496 e. The average Bonchev–Trinajstić information content (AvgIpc) is 3.25. The first kappa shape index (κ1) is 19.7. The molecule has 0 aliphatic heterocycles. The van der Waals surface area contributed by atoms with Crippen LogP contribution >= 0.6 is 11.3 Å². The number of benzene rings is 2. The summed E-state index contributed by atoms with van der Waals surface area (Å²) in [5.74, 6) is 1.74. The summed E-state index contributed by atoms with van der Waals surface area (Å²) in [6.07, 6.45) is 1.95. The molecule has 0 aliphatic rings. The second-order valence-electron chi connectivity index (χ2n) is 6.89. The van der Waals surface area contributed by atoms with Crippen molar-refractivity contribution in [2.75, 3.05) is 33.4 Å². The van der Waals surface area contributed by atoms with Crippen molar-refractivity contribution in [1.29, 1.82) is 0 Å². The molecule has 29 heavy (non-hydrogen) atoms. The fourth-order valence-electron chi connectivity index (χ4n) is 3.72. The highest BCUT2D eigenvalue weighted by Gasteiger charge is 2.15. The number of pyridine rings is 1. The highest BCUT2D eigenvalue weighted by molar-refractivity contribution is 7.17. The third kappa shape index (κ3) is 3.93. The minimum atomic E-state index is 0.693. The van der Waals surface area contributed by atoms with Crippen molar-refractivity contribution in [3.05, 3.63) is 54.0 Å². The molecule has 0 radical (unpaired) electrons. The second kappa shape index (κ2) is 8.80. The van der Waals surface area contributed by atoms with Crippen molar-refractivity contribution < 1.29 is 9.47 Å². The fraction of sp³-hybridized carbons (Fsp3) is 0.292. The maximum Gasteiger partial charge on any atom is 0.127 e. The topological polar surface area (TPSA) is 34.6 Å². The summed E-state index contributed by atoms with van der Waals surface area (Å²) in [6, 6.07) is 14.5. The van der Waals surface area contributed by atoms with Crippen molar-refractivity contribution in [2.24, 2.45) is 0 Å². The van der Waals surface area contributed by atoms with Crippen molar-refractivity contribution >= 4 is 32.3 Å². The van der Waals surface area contributed by atoms with Crippen LogP contribution in [-0.4, -0.2) is 43.2 Å². The van der Waals surface area contributed by atoms with Gasteiger partial charge >= 0.3 is 0 Å². The van der Waals surface area contributed by atoms with E-state index in [9.17, 15) is 0 Å². The Balaban J connectivity index is 1.68. The van der Waals surface area contributed by atoms with E-state index in [0.717, 1.165) is 53.2 Å². The highest BCUT2D eigenvalue weighted by atomic mass is 32.1. The molecule has 0 bridgehead atoms. The lowest BCUT2D eigenvalue weighted by Gasteiger charge is -2.18. The first-order valence-corrected chi connectivity index (χ1v) is 10.9. The van der Waals surface area contributed by atoms with Crippen LogP contribution < -0.4 is 9.47 Å². The van der Waals surface area contributed by atoms with E-state index in [1.165, 1.54) is 10.1 Å². The van der Waals surface area contributed by atoms with Gasteiger partial charge in [0, 0.05) is 29.1 Å². The lowest BCUT2D eigenvalue weighted by Crippen LogP contribution is -2.27. The Hall–Kier alpha value is -2.63. The summed E-state index contributed by atoms with van der Waals surface area (Å²) in [4.78, 5) is 7.01. The van der Waals surface area contributed by atoms with E-state index in [0.29, 0.717) is 6.61 Å². The van der Waals surface area contributed by atoms with Crippen molar-refractivity contribution in [1.82, 2.24) is 9.88 Å². The Morgan fingerprint density at radius 3 is 2.52 bits per heavy atom. The summed E-state index contributed by atoms with van der Waals surface area (Å²) in [5.41, 5.74) is 3.16. The van der Waals surface area contributed by atoms with Gasteiger partial charge in [0.1, 0.15) is 18.1 Å². The number of methoxy groups -OCH3 is 1. The first-order valence-electron chi connectivity index (χ1n) is 10.0. The number of hydrogen-bond acceptors (Lipinski definition) is 5. The van der Waals surface area contributed by atoms with Crippen molar-refractivity contribution in [3.8, 4) is 22.6 Å². The second-order valence-corrected chi connectivity index (χ2v) is 7.84. The molecule has 150 valence electrons. The maximum absolute atomic E-state index is 5.95. The molecule has 0 N–H and O–H groups in total. The number of hydrogen-bond donors (Lipinski definition) is 0. The minimum Gasteiger partial charge on any atom is -0.496 e. The molecule has 2 aromatic carbocycles. The predicted molar refractivity (Wildman–Crippen MR) is 122 cm³/mol. The number of aromatic nitrogens is 1. The van der Waals surface area contributed by atoms with Gasteiger partial charge in [-0.3, -0.25) is 4.98 Å². The van der Waals surface area contributed by atoms with Gasteiger partial charge in [-0.15, -0.1) is 11.3 Å². The molecular formula is C24H26N2O2S. The van der Waals surface area contributed by atoms with E-state index >= 15 is 0 Å². The minimum absolute atomic E-state index is 0.693. The summed E-state index contributed by atoms with van der Waals surface area (Å²) >= 11 is 1.71. The van der Waals surface area contributed by atoms with E-state index in [2.05, 4.69) is 47.3 Å². The number of likely N-dealkylation sites (N-methyl/N-ethyl adjacent to an activating group) is 1.